The van der Waals surface area contributed by atoms with Crippen molar-refractivity contribution < 1.29 is 14.3 Å². The van der Waals surface area contributed by atoms with Gasteiger partial charge >= 0.3 is 0 Å². The fourth-order valence-electron chi connectivity index (χ4n) is 2.53. The van der Waals surface area contributed by atoms with Gasteiger partial charge in [0.1, 0.15) is 0 Å². The van der Waals surface area contributed by atoms with Gasteiger partial charge < -0.3 is 10.1 Å². The van der Waals surface area contributed by atoms with Gasteiger partial charge in [-0.1, -0.05) is 43.0 Å². The molecule has 1 aliphatic rings. The number of nitrogens with one attached hydrogen (secondary N) is 1. The van der Waals surface area contributed by atoms with Gasteiger partial charge in [-0.2, -0.15) is 0 Å². The number of carbonyl (C=O) groups is 2. The second-order valence-electron chi connectivity index (χ2n) is 6.10. The first-order chi connectivity index (χ1) is 12.6. The van der Waals surface area contributed by atoms with Crippen LogP contribution in [0.15, 0.2) is 60.7 Å². The summed E-state index contributed by atoms with van der Waals surface area (Å²) in [4.78, 5) is 26.5. The predicted molar refractivity (Wildman–Crippen MR) is 103 cm³/mol. The molecule has 0 unspecified atom stereocenters. The number of benzene rings is 1. The van der Waals surface area contributed by atoms with E-state index in [9.17, 15) is 9.59 Å². The Bertz CT molecular complexity index is 684. The zero-order valence-corrected chi connectivity index (χ0v) is 15.2. The van der Waals surface area contributed by atoms with Crippen LogP contribution >= 0.6 is 0 Å². The first-order valence-electron chi connectivity index (χ1n) is 8.79. The molecule has 26 heavy (non-hydrogen) atoms. The summed E-state index contributed by atoms with van der Waals surface area (Å²) in [5.74, 6) is -0.468. The van der Waals surface area contributed by atoms with Gasteiger partial charge in [-0.15, -0.1) is 0 Å². The van der Waals surface area contributed by atoms with Crippen molar-refractivity contribution in [3.63, 3.8) is 0 Å². The summed E-state index contributed by atoms with van der Waals surface area (Å²) < 4.78 is 5.34. The number of ketones is 1. The number of carbonyl (C=O) groups excluding carboxylic acids is 2. The lowest BCUT2D eigenvalue weighted by atomic mass is 10.1. The van der Waals surface area contributed by atoms with Crippen LogP contribution in [0.3, 0.4) is 0 Å². The maximum Gasteiger partial charge on any atom is 0.251 e. The molecular weight excluding hydrogens is 328 g/mol. The molecule has 1 fully saturated rings. The molecule has 1 aliphatic heterocycles. The Morgan fingerprint density at radius 1 is 1.19 bits per heavy atom. The first kappa shape index (κ1) is 19.8. The van der Waals surface area contributed by atoms with Crippen molar-refractivity contribution in [1.29, 1.82) is 0 Å². The molecule has 0 spiro atoms. The molecule has 2 rings (SSSR count). The van der Waals surface area contributed by atoms with E-state index < -0.39 is 0 Å². The van der Waals surface area contributed by atoms with Crippen molar-refractivity contribution in [3.8, 4) is 0 Å². The normalized spacial score (nSPS) is 15.4. The number of hydrogen-bond acceptors (Lipinski definition) is 4. The number of morpholine rings is 1. The minimum absolute atomic E-state index is 0.0621. The lowest BCUT2D eigenvalue weighted by Crippen LogP contribution is -2.35. The van der Waals surface area contributed by atoms with Crippen molar-refractivity contribution in [2.45, 2.75) is 13.5 Å². The third-order valence-electron chi connectivity index (χ3n) is 4.09. The highest BCUT2D eigenvalue weighted by atomic mass is 16.5. The van der Waals surface area contributed by atoms with Crippen LogP contribution < -0.4 is 5.32 Å². The van der Waals surface area contributed by atoms with E-state index in [1.807, 2.05) is 31.2 Å². The van der Waals surface area contributed by atoms with Gasteiger partial charge in [0.15, 0.2) is 5.78 Å². The Morgan fingerprint density at radius 3 is 2.54 bits per heavy atom. The Labute approximate surface area is 155 Å². The van der Waals surface area contributed by atoms with Crippen LogP contribution in [-0.4, -0.2) is 49.4 Å². The maximum absolute atomic E-state index is 12.2. The third-order valence-corrected chi connectivity index (χ3v) is 4.09. The highest BCUT2D eigenvalue weighted by Gasteiger charge is 2.12. The van der Waals surface area contributed by atoms with E-state index in [0.29, 0.717) is 11.1 Å². The predicted octanol–water partition coefficient (Wildman–Crippen LogP) is 2.51. The summed E-state index contributed by atoms with van der Waals surface area (Å²) in [5.41, 5.74) is 2.06. The average Bonchev–Trinajstić information content (AvgIpc) is 2.67. The summed E-state index contributed by atoms with van der Waals surface area (Å²) >= 11 is 0. The van der Waals surface area contributed by atoms with Gasteiger partial charge in [0.25, 0.3) is 5.91 Å². The summed E-state index contributed by atoms with van der Waals surface area (Å²) in [6.45, 7) is 9.78. The lowest BCUT2D eigenvalue weighted by Gasteiger charge is -2.26. The molecule has 1 N–H and O–H groups in total. The van der Waals surface area contributed by atoms with Gasteiger partial charge in [0.05, 0.1) is 19.8 Å². The zero-order valence-electron chi connectivity index (χ0n) is 15.2. The summed E-state index contributed by atoms with van der Waals surface area (Å²) in [6, 6.07) is 7.47. The summed E-state index contributed by atoms with van der Waals surface area (Å²) in [5, 5.41) is 2.64. The van der Waals surface area contributed by atoms with Gasteiger partial charge in [0, 0.05) is 30.8 Å². The van der Waals surface area contributed by atoms with Gasteiger partial charge in [0.2, 0.25) is 0 Å². The highest BCUT2D eigenvalue weighted by molar-refractivity contribution is 6.02. The molecule has 5 nitrogen and oxygen atoms in total. The molecule has 1 amide bonds. The van der Waals surface area contributed by atoms with Crippen molar-refractivity contribution in [1.82, 2.24) is 10.2 Å². The molecule has 138 valence electrons. The standard InChI is InChI=1S/C21H26N2O3/c1-3-4-5-6-17(2)20(24)15-22-21(25)19-9-7-18(8-10-19)16-23-11-13-26-14-12-23/h3-10H,2,11-16H2,1H3,(H,22,25)/b4-3-,6-5-. The number of Topliss-reactive ketones (excluding diaryl/α,β-unsaturated/α-hetero) is 1. The summed E-state index contributed by atoms with van der Waals surface area (Å²) in [6.07, 6.45) is 7.05. The van der Waals surface area contributed by atoms with Crippen LogP contribution in [-0.2, 0) is 16.1 Å². The van der Waals surface area contributed by atoms with Crippen molar-refractivity contribution in [2.24, 2.45) is 0 Å². The number of nitrogens with zero attached hydrogens (tertiary/aromatic N) is 1. The molecule has 5 heteroatoms. The Morgan fingerprint density at radius 2 is 1.88 bits per heavy atom. The largest absolute Gasteiger partial charge is 0.379 e. The van der Waals surface area contributed by atoms with E-state index in [0.717, 1.165) is 38.4 Å². The molecule has 1 heterocycles. The van der Waals surface area contributed by atoms with Crippen molar-refractivity contribution in [2.75, 3.05) is 32.8 Å². The lowest BCUT2D eigenvalue weighted by molar-refractivity contribution is -0.114. The monoisotopic (exact) mass is 354 g/mol. The Balaban J connectivity index is 1.81. The number of amides is 1. The summed E-state index contributed by atoms with van der Waals surface area (Å²) in [7, 11) is 0. The van der Waals surface area contributed by atoms with E-state index in [4.69, 9.17) is 4.74 Å². The molecule has 1 aromatic carbocycles. The van der Waals surface area contributed by atoms with Crippen LogP contribution in [0.4, 0.5) is 0 Å². The van der Waals surface area contributed by atoms with Gasteiger partial charge in [-0.25, -0.2) is 0 Å². The maximum atomic E-state index is 12.2. The van der Waals surface area contributed by atoms with Crippen LogP contribution in [0.2, 0.25) is 0 Å². The topological polar surface area (TPSA) is 58.6 Å². The molecule has 1 saturated heterocycles. The van der Waals surface area contributed by atoms with Crippen LogP contribution in [0, 0.1) is 0 Å². The molecule has 0 aromatic heterocycles. The molecule has 0 saturated carbocycles. The molecule has 0 radical (unpaired) electrons. The minimum Gasteiger partial charge on any atom is -0.379 e. The number of hydrogen-bond donors (Lipinski definition) is 1. The smallest absolute Gasteiger partial charge is 0.251 e. The second-order valence-corrected chi connectivity index (χ2v) is 6.10. The Hall–Kier alpha value is -2.50. The number of ether oxygens (including phenoxy) is 1. The highest BCUT2D eigenvalue weighted by Crippen LogP contribution is 2.09. The molecule has 0 aliphatic carbocycles. The molecule has 1 aromatic rings. The second kappa shape index (κ2) is 10.5. The molecular formula is C21H26N2O3. The fourth-order valence-corrected chi connectivity index (χ4v) is 2.53. The third kappa shape index (κ3) is 6.43. The number of allylic oxidation sites excluding steroid dienone is 4. The van der Waals surface area contributed by atoms with E-state index in [1.165, 1.54) is 0 Å². The van der Waals surface area contributed by atoms with E-state index >= 15 is 0 Å². The zero-order chi connectivity index (χ0) is 18.8. The van der Waals surface area contributed by atoms with E-state index in [1.54, 1.807) is 24.3 Å². The van der Waals surface area contributed by atoms with Crippen LogP contribution in [0.5, 0.6) is 0 Å². The Kier molecular flexibility index (Phi) is 7.99. The van der Waals surface area contributed by atoms with E-state index in [-0.39, 0.29) is 18.2 Å². The minimum atomic E-state index is -0.262. The first-order valence-corrected chi connectivity index (χ1v) is 8.79. The quantitative estimate of drug-likeness (QED) is 0.576. The number of rotatable bonds is 8. The fraction of sp³-hybridized carbons (Fsp3) is 0.333. The van der Waals surface area contributed by atoms with Crippen LogP contribution in [0.25, 0.3) is 0 Å². The molecule has 0 atom stereocenters. The van der Waals surface area contributed by atoms with E-state index in [2.05, 4.69) is 16.8 Å². The van der Waals surface area contributed by atoms with Gasteiger partial charge in [-0.05, 0) is 24.6 Å². The van der Waals surface area contributed by atoms with Crippen LogP contribution in [0.1, 0.15) is 22.8 Å². The molecule has 0 bridgehead atoms. The van der Waals surface area contributed by atoms with Gasteiger partial charge in [-0.3, -0.25) is 14.5 Å². The van der Waals surface area contributed by atoms with Crippen molar-refractivity contribution in [3.05, 3.63) is 71.8 Å². The average molecular weight is 354 g/mol. The van der Waals surface area contributed by atoms with Crippen molar-refractivity contribution >= 4 is 11.7 Å². The SMILES string of the molecule is C=C(/C=C\C=C/C)C(=O)CNC(=O)c1ccc(CN2CCOCC2)cc1.